The summed E-state index contributed by atoms with van der Waals surface area (Å²) in [6.45, 7) is 3.35. The van der Waals surface area contributed by atoms with E-state index in [1.165, 1.54) is 18.4 Å². The molecule has 31 heavy (non-hydrogen) atoms. The summed E-state index contributed by atoms with van der Waals surface area (Å²) in [5.74, 6) is 0.368. The second-order valence-electron chi connectivity index (χ2n) is 9.33. The van der Waals surface area contributed by atoms with Crippen molar-refractivity contribution in [3.63, 3.8) is 0 Å². The monoisotopic (exact) mass is 429 g/mol. The first-order chi connectivity index (χ1) is 15.0. The Balaban J connectivity index is 1.36. The van der Waals surface area contributed by atoms with Crippen molar-refractivity contribution in [1.82, 2.24) is 9.80 Å². The Bertz CT molecular complexity index is 766. The molecule has 7 nitrogen and oxygen atoms in total. The highest BCUT2D eigenvalue weighted by atomic mass is 16.5. The summed E-state index contributed by atoms with van der Waals surface area (Å²) in [6.07, 6.45) is 6.49. The van der Waals surface area contributed by atoms with Gasteiger partial charge < -0.3 is 20.5 Å². The lowest BCUT2D eigenvalue weighted by Gasteiger charge is -2.40. The van der Waals surface area contributed by atoms with Crippen LogP contribution < -0.4 is 5.73 Å². The molecular weight excluding hydrogens is 394 g/mol. The summed E-state index contributed by atoms with van der Waals surface area (Å²) in [4.78, 5) is 28.3. The van der Waals surface area contributed by atoms with Gasteiger partial charge in [-0.05, 0) is 68.1 Å². The molecule has 3 aliphatic rings. The quantitative estimate of drug-likeness (QED) is 0.656. The number of nitrogens with two attached hydrogens (primary N) is 1. The molecule has 3 N–H and O–H groups in total. The van der Waals surface area contributed by atoms with Gasteiger partial charge in [-0.1, -0.05) is 12.1 Å². The Labute approximate surface area is 184 Å². The SMILES string of the molecule is NC(=O)c1cccc(C2C[C@H]3CC[C@@H](C2)N3CCN(CC2CCOCC2)C(=O)CO)c1. The molecule has 3 fully saturated rings. The van der Waals surface area contributed by atoms with E-state index in [1.54, 1.807) is 6.07 Å². The maximum absolute atomic E-state index is 12.3. The number of nitrogens with zero attached hydrogens (tertiary/aromatic N) is 2. The minimum Gasteiger partial charge on any atom is -0.387 e. The van der Waals surface area contributed by atoms with Crippen molar-refractivity contribution in [2.24, 2.45) is 11.7 Å². The second kappa shape index (κ2) is 10.1. The zero-order valence-corrected chi connectivity index (χ0v) is 18.2. The minimum absolute atomic E-state index is 0.169. The minimum atomic E-state index is -0.422. The number of aliphatic hydroxyl groups is 1. The number of piperidine rings is 1. The van der Waals surface area contributed by atoms with Gasteiger partial charge in [-0.25, -0.2) is 0 Å². The Kier molecular flexibility index (Phi) is 7.25. The molecule has 7 heteroatoms. The van der Waals surface area contributed by atoms with Gasteiger partial charge in [0, 0.05) is 50.5 Å². The van der Waals surface area contributed by atoms with E-state index >= 15 is 0 Å². The number of fused-ring (bicyclic) bond motifs is 2. The highest BCUT2D eigenvalue weighted by molar-refractivity contribution is 5.92. The van der Waals surface area contributed by atoms with Gasteiger partial charge in [-0.2, -0.15) is 0 Å². The molecule has 0 radical (unpaired) electrons. The number of ether oxygens (including phenoxy) is 1. The van der Waals surface area contributed by atoms with E-state index in [0.29, 0.717) is 42.6 Å². The van der Waals surface area contributed by atoms with Crippen LogP contribution in [0.1, 0.15) is 60.4 Å². The highest BCUT2D eigenvalue weighted by Crippen LogP contribution is 2.43. The zero-order valence-electron chi connectivity index (χ0n) is 18.2. The molecule has 0 saturated carbocycles. The smallest absolute Gasteiger partial charge is 0.248 e. The first-order valence-corrected chi connectivity index (χ1v) is 11.7. The van der Waals surface area contributed by atoms with Crippen LogP contribution in [0.15, 0.2) is 24.3 Å². The third-order valence-corrected chi connectivity index (χ3v) is 7.46. The van der Waals surface area contributed by atoms with Crippen molar-refractivity contribution >= 4 is 11.8 Å². The summed E-state index contributed by atoms with van der Waals surface area (Å²) < 4.78 is 5.44. The average molecular weight is 430 g/mol. The number of hydrogen-bond donors (Lipinski definition) is 2. The summed E-state index contributed by atoms with van der Waals surface area (Å²) >= 11 is 0. The van der Waals surface area contributed by atoms with E-state index in [2.05, 4.69) is 11.0 Å². The fraction of sp³-hybridized carbons (Fsp3) is 0.667. The lowest BCUT2D eigenvalue weighted by Crippen LogP contribution is -2.48. The lowest BCUT2D eigenvalue weighted by atomic mass is 9.84. The van der Waals surface area contributed by atoms with Crippen LogP contribution in [0.3, 0.4) is 0 Å². The molecule has 1 aromatic carbocycles. The average Bonchev–Trinajstić information content (AvgIpc) is 3.03. The van der Waals surface area contributed by atoms with Crippen LogP contribution in [0.25, 0.3) is 0 Å². The fourth-order valence-electron chi connectivity index (χ4n) is 5.75. The van der Waals surface area contributed by atoms with E-state index in [4.69, 9.17) is 10.5 Å². The van der Waals surface area contributed by atoms with Gasteiger partial charge in [0.2, 0.25) is 11.8 Å². The molecule has 0 aromatic heterocycles. The van der Waals surface area contributed by atoms with E-state index in [9.17, 15) is 14.7 Å². The van der Waals surface area contributed by atoms with E-state index in [-0.39, 0.29) is 11.8 Å². The molecule has 1 unspecified atom stereocenters. The molecule has 1 aromatic rings. The molecule has 2 amide bonds. The third kappa shape index (κ3) is 5.27. The summed E-state index contributed by atoms with van der Waals surface area (Å²) in [5.41, 5.74) is 7.26. The van der Waals surface area contributed by atoms with Crippen LogP contribution in [-0.4, -0.2) is 78.3 Å². The first-order valence-electron chi connectivity index (χ1n) is 11.7. The molecule has 3 atom stereocenters. The topological polar surface area (TPSA) is 96.1 Å². The Morgan fingerprint density at radius 3 is 2.48 bits per heavy atom. The standard InChI is InChI=1S/C24H35N3O4/c25-24(30)19-3-1-2-18(12-19)20-13-21-4-5-22(14-20)27(21)9-8-26(23(29)16-28)15-17-6-10-31-11-7-17/h1-3,12,17,20-22,28H,4-11,13-16H2,(H2,25,30)/t20?,21-,22+. The molecular formula is C24H35N3O4. The van der Waals surface area contributed by atoms with Crippen molar-refractivity contribution in [1.29, 1.82) is 0 Å². The molecule has 4 rings (SSSR count). The largest absolute Gasteiger partial charge is 0.387 e. The fourth-order valence-corrected chi connectivity index (χ4v) is 5.75. The number of amides is 2. The van der Waals surface area contributed by atoms with Crippen molar-refractivity contribution in [3.8, 4) is 0 Å². The van der Waals surface area contributed by atoms with Crippen LogP contribution in [0.5, 0.6) is 0 Å². The van der Waals surface area contributed by atoms with Crippen LogP contribution in [0.2, 0.25) is 0 Å². The van der Waals surface area contributed by atoms with Crippen LogP contribution >= 0.6 is 0 Å². The predicted octanol–water partition coefficient (Wildman–Crippen LogP) is 1.74. The summed E-state index contributed by atoms with van der Waals surface area (Å²) in [5, 5.41) is 9.45. The Hall–Kier alpha value is -1.96. The van der Waals surface area contributed by atoms with Gasteiger partial charge in [0.05, 0.1) is 0 Å². The number of hydrogen-bond acceptors (Lipinski definition) is 5. The second-order valence-corrected chi connectivity index (χ2v) is 9.33. The maximum Gasteiger partial charge on any atom is 0.248 e. The van der Waals surface area contributed by atoms with Crippen LogP contribution in [-0.2, 0) is 9.53 Å². The van der Waals surface area contributed by atoms with Gasteiger partial charge in [0.15, 0.2) is 0 Å². The van der Waals surface area contributed by atoms with Crippen molar-refractivity contribution in [3.05, 3.63) is 35.4 Å². The van der Waals surface area contributed by atoms with Gasteiger partial charge in [0.1, 0.15) is 6.61 Å². The van der Waals surface area contributed by atoms with Crippen molar-refractivity contribution in [2.75, 3.05) is 39.5 Å². The molecule has 0 spiro atoms. The first kappa shape index (κ1) is 22.2. The van der Waals surface area contributed by atoms with Gasteiger partial charge in [-0.3, -0.25) is 14.5 Å². The normalized spacial score (nSPS) is 26.7. The number of carbonyl (C=O) groups is 2. The highest BCUT2D eigenvalue weighted by Gasteiger charge is 2.41. The van der Waals surface area contributed by atoms with E-state index in [1.807, 2.05) is 17.0 Å². The zero-order chi connectivity index (χ0) is 21.8. The predicted molar refractivity (Wildman–Crippen MR) is 118 cm³/mol. The van der Waals surface area contributed by atoms with Crippen molar-refractivity contribution in [2.45, 2.75) is 56.5 Å². The van der Waals surface area contributed by atoms with E-state index < -0.39 is 6.61 Å². The number of rotatable bonds is 8. The molecule has 3 saturated heterocycles. The Morgan fingerprint density at radius 1 is 1.13 bits per heavy atom. The van der Waals surface area contributed by atoms with E-state index in [0.717, 1.165) is 45.4 Å². The molecule has 3 heterocycles. The Morgan fingerprint density at radius 2 is 1.84 bits per heavy atom. The summed E-state index contributed by atoms with van der Waals surface area (Å²) in [7, 11) is 0. The number of primary amides is 1. The number of aliphatic hydroxyl groups excluding tert-OH is 1. The van der Waals surface area contributed by atoms with Crippen LogP contribution in [0.4, 0.5) is 0 Å². The number of carbonyl (C=O) groups excluding carboxylic acids is 2. The van der Waals surface area contributed by atoms with Crippen molar-refractivity contribution < 1.29 is 19.4 Å². The van der Waals surface area contributed by atoms with Gasteiger partial charge in [-0.15, -0.1) is 0 Å². The van der Waals surface area contributed by atoms with Gasteiger partial charge in [0.25, 0.3) is 0 Å². The molecule has 170 valence electrons. The lowest BCUT2D eigenvalue weighted by molar-refractivity contribution is -0.135. The molecule has 3 aliphatic heterocycles. The third-order valence-electron chi connectivity index (χ3n) is 7.46. The van der Waals surface area contributed by atoms with Crippen LogP contribution in [0, 0.1) is 5.92 Å². The number of benzene rings is 1. The molecule has 0 aliphatic carbocycles. The maximum atomic E-state index is 12.3. The summed E-state index contributed by atoms with van der Waals surface area (Å²) in [6, 6.07) is 8.80. The van der Waals surface area contributed by atoms with Gasteiger partial charge >= 0.3 is 0 Å². The molecule has 2 bridgehead atoms.